The van der Waals surface area contributed by atoms with E-state index in [0.717, 1.165) is 12.6 Å². The molecule has 0 aromatic rings. The first-order chi connectivity index (χ1) is 9.10. The predicted molar refractivity (Wildman–Crippen MR) is 86.2 cm³/mol. The molecule has 108 valence electrons. The summed E-state index contributed by atoms with van der Waals surface area (Å²) in [6, 6.07) is 0.742. The maximum Gasteiger partial charge on any atom is 0.0325 e. The monoisotopic (exact) mass is 261 g/mol. The highest BCUT2D eigenvalue weighted by Gasteiger charge is 2.24. The zero-order valence-corrected chi connectivity index (χ0v) is 13.3. The fraction of sp³-hybridized carbons (Fsp3) is 0.667. The lowest BCUT2D eigenvalue weighted by molar-refractivity contribution is 0.179. The van der Waals surface area contributed by atoms with E-state index in [4.69, 9.17) is 0 Å². The number of rotatable bonds is 8. The summed E-state index contributed by atoms with van der Waals surface area (Å²) in [5.41, 5.74) is 4.00. The van der Waals surface area contributed by atoms with Crippen molar-refractivity contribution >= 4 is 0 Å². The molecule has 1 saturated carbocycles. The van der Waals surface area contributed by atoms with E-state index in [1.807, 2.05) is 0 Å². The van der Waals surface area contributed by atoms with E-state index < -0.39 is 0 Å². The summed E-state index contributed by atoms with van der Waals surface area (Å²) in [5.74, 6) is 0. The summed E-state index contributed by atoms with van der Waals surface area (Å²) in [5, 5.41) is 0. The molecule has 1 heteroatoms. The van der Waals surface area contributed by atoms with Crippen LogP contribution in [0.4, 0.5) is 0 Å². The van der Waals surface area contributed by atoms with Gasteiger partial charge < -0.3 is 4.90 Å². The maximum atomic E-state index is 4.30. The predicted octanol–water partition coefficient (Wildman–Crippen LogP) is 5.46. The van der Waals surface area contributed by atoms with Crippen molar-refractivity contribution in [2.45, 2.75) is 72.3 Å². The molecule has 1 nitrogen and oxygen atoms in total. The smallest absolute Gasteiger partial charge is 0.0325 e. The second kappa shape index (κ2) is 8.24. The van der Waals surface area contributed by atoms with Crippen LogP contribution in [0.5, 0.6) is 0 Å². The Hall–Kier alpha value is -0.980. The maximum absolute atomic E-state index is 4.30. The van der Waals surface area contributed by atoms with Crippen LogP contribution in [0, 0.1) is 0 Å². The molecule has 0 aliphatic heterocycles. The molecule has 0 aromatic heterocycles. The van der Waals surface area contributed by atoms with Crippen LogP contribution < -0.4 is 0 Å². The third-order valence-electron chi connectivity index (χ3n) is 4.20. The van der Waals surface area contributed by atoms with Gasteiger partial charge in [0.05, 0.1) is 0 Å². The van der Waals surface area contributed by atoms with Crippen LogP contribution in [0.3, 0.4) is 0 Å². The first-order valence-corrected chi connectivity index (χ1v) is 7.90. The molecule has 1 rings (SSSR count). The van der Waals surface area contributed by atoms with E-state index in [1.54, 1.807) is 0 Å². The minimum atomic E-state index is 0.742. The van der Waals surface area contributed by atoms with Crippen LogP contribution >= 0.6 is 0 Å². The number of likely N-dealkylation sites (N-methyl/N-ethyl adjacent to an activating group) is 1. The van der Waals surface area contributed by atoms with Gasteiger partial charge in [-0.25, -0.2) is 0 Å². The van der Waals surface area contributed by atoms with Gasteiger partial charge in [-0.15, -0.1) is 0 Å². The van der Waals surface area contributed by atoms with Gasteiger partial charge in [-0.1, -0.05) is 37.6 Å². The Balaban J connectivity index is 2.58. The first kappa shape index (κ1) is 16.1. The van der Waals surface area contributed by atoms with Gasteiger partial charge in [0.25, 0.3) is 0 Å². The molecule has 0 atom stereocenters. The average molecular weight is 261 g/mol. The van der Waals surface area contributed by atoms with Crippen molar-refractivity contribution in [2.75, 3.05) is 6.54 Å². The molecule has 0 bridgehead atoms. The molecule has 0 aromatic carbocycles. The van der Waals surface area contributed by atoms with Gasteiger partial charge in [0.1, 0.15) is 0 Å². The molecule has 0 spiro atoms. The van der Waals surface area contributed by atoms with E-state index in [1.165, 1.54) is 55.4 Å². The summed E-state index contributed by atoms with van der Waals surface area (Å²) < 4.78 is 0. The summed E-state index contributed by atoms with van der Waals surface area (Å²) in [6.07, 6.45) is 12.3. The molecule has 0 unspecified atom stereocenters. The average Bonchev–Trinajstić information content (AvgIpc) is 2.36. The lowest BCUT2D eigenvalue weighted by Gasteiger charge is -2.40. The number of hydrogen-bond donors (Lipinski definition) is 0. The quantitative estimate of drug-likeness (QED) is 0.525. The minimum Gasteiger partial charge on any atom is -0.369 e. The fourth-order valence-electron chi connectivity index (χ4n) is 2.50. The molecule has 1 fully saturated rings. The Bertz CT molecular complexity index is 345. The fourth-order valence-corrected chi connectivity index (χ4v) is 2.50. The molecule has 0 heterocycles. The molecule has 0 radical (unpaired) electrons. The van der Waals surface area contributed by atoms with Crippen molar-refractivity contribution in [3.8, 4) is 0 Å². The van der Waals surface area contributed by atoms with Gasteiger partial charge >= 0.3 is 0 Å². The van der Waals surface area contributed by atoms with Crippen LogP contribution in [0.25, 0.3) is 0 Å². The van der Waals surface area contributed by atoms with Gasteiger partial charge in [0, 0.05) is 18.3 Å². The lowest BCUT2D eigenvalue weighted by atomic mass is 9.90. The molecule has 1 aliphatic rings. The van der Waals surface area contributed by atoms with Gasteiger partial charge in [0.15, 0.2) is 0 Å². The molecule has 0 amide bonds. The van der Waals surface area contributed by atoms with Crippen LogP contribution in [-0.2, 0) is 0 Å². The summed E-state index contributed by atoms with van der Waals surface area (Å²) in [6.45, 7) is 14.3. The zero-order valence-electron chi connectivity index (χ0n) is 13.3. The standard InChI is InChI=1S/C18H31N/c1-6-8-10-15(3)13-14-16(4)17(5)19(7-2)18-11-9-12-18/h13-14,18H,5-12H2,1-4H3/b15-13+,16-14-. The van der Waals surface area contributed by atoms with E-state index >= 15 is 0 Å². The van der Waals surface area contributed by atoms with Crippen LogP contribution in [0.1, 0.15) is 66.2 Å². The SMILES string of the molecule is C=C(/C(C)=C\C=C(/C)CCCC)N(CC)C1CCC1. The van der Waals surface area contributed by atoms with Crippen molar-refractivity contribution in [1.82, 2.24) is 4.90 Å². The number of unbranched alkanes of at least 4 members (excludes halogenated alkanes) is 1. The Morgan fingerprint density at radius 1 is 1.21 bits per heavy atom. The van der Waals surface area contributed by atoms with Gasteiger partial charge in [0.2, 0.25) is 0 Å². The Labute approximate surface area is 120 Å². The highest BCUT2D eigenvalue weighted by atomic mass is 15.2. The summed E-state index contributed by atoms with van der Waals surface area (Å²) >= 11 is 0. The lowest BCUT2D eigenvalue weighted by Crippen LogP contribution is -2.39. The zero-order chi connectivity index (χ0) is 14.3. The van der Waals surface area contributed by atoms with Crippen molar-refractivity contribution < 1.29 is 0 Å². The molecule has 0 N–H and O–H groups in total. The van der Waals surface area contributed by atoms with Crippen molar-refractivity contribution in [1.29, 1.82) is 0 Å². The molecule has 0 saturated heterocycles. The highest BCUT2D eigenvalue weighted by molar-refractivity contribution is 5.30. The van der Waals surface area contributed by atoms with Gasteiger partial charge in [-0.05, 0) is 58.4 Å². The molecule has 1 aliphatic carbocycles. The van der Waals surface area contributed by atoms with Crippen molar-refractivity contribution in [3.63, 3.8) is 0 Å². The Morgan fingerprint density at radius 2 is 1.89 bits per heavy atom. The van der Waals surface area contributed by atoms with Crippen molar-refractivity contribution in [2.24, 2.45) is 0 Å². The largest absolute Gasteiger partial charge is 0.369 e. The summed E-state index contributed by atoms with van der Waals surface area (Å²) in [4.78, 5) is 2.48. The van der Waals surface area contributed by atoms with E-state index in [9.17, 15) is 0 Å². The first-order valence-electron chi connectivity index (χ1n) is 7.90. The van der Waals surface area contributed by atoms with E-state index in [-0.39, 0.29) is 0 Å². The topological polar surface area (TPSA) is 3.24 Å². The number of allylic oxidation sites excluding steroid dienone is 4. The van der Waals surface area contributed by atoms with Crippen LogP contribution in [0.2, 0.25) is 0 Å². The van der Waals surface area contributed by atoms with E-state index in [2.05, 4.69) is 51.3 Å². The second-order valence-corrected chi connectivity index (χ2v) is 5.78. The molecule has 19 heavy (non-hydrogen) atoms. The third-order valence-corrected chi connectivity index (χ3v) is 4.20. The number of nitrogens with zero attached hydrogens (tertiary/aromatic N) is 1. The Kier molecular flexibility index (Phi) is 6.97. The van der Waals surface area contributed by atoms with Crippen LogP contribution in [-0.4, -0.2) is 17.5 Å². The van der Waals surface area contributed by atoms with Crippen LogP contribution in [0.15, 0.2) is 35.6 Å². The van der Waals surface area contributed by atoms with Gasteiger partial charge in [-0.2, -0.15) is 0 Å². The van der Waals surface area contributed by atoms with E-state index in [0.29, 0.717) is 0 Å². The third kappa shape index (κ3) is 4.89. The molecular weight excluding hydrogens is 230 g/mol. The minimum absolute atomic E-state index is 0.742. The Morgan fingerprint density at radius 3 is 2.37 bits per heavy atom. The van der Waals surface area contributed by atoms with Gasteiger partial charge in [-0.3, -0.25) is 0 Å². The molecular formula is C18H31N. The number of hydrogen-bond acceptors (Lipinski definition) is 1. The summed E-state index contributed by atoms with van der Waals surface area (Å²) in [7, 11) is 0. The van der Waals surface area contributed by atoms with Crippen molar-refractivity contribution in [3.05, 3.63) is 35.6 Å². The highest BCUT2D eigenvalue weighted by Crippen LogP contribution is 2.29. The second-order valence-electron chi connectivity index (χ2n) is 5.78. The normalized spacial score (nSPS) is 17.3.